The zero-order valence-electron chi connectivity index (χ0n) is 55.2. The number of likely N-dealkylation sites (N-methyl/N-ethyl adjacent to an activating group) is 1. The number of nitrogens with zero attached hydrogens (tertiary/aromatic N) is 1. The topological polar surface area (TPSA) is 111 Å². The number of hydrogen-bond acceptors (Lipinski definition) is 8. The zero-order chi connectivity index (χ0) is 62.6. The van der Waals surface area contributed by atoms with Gasteiger partial charge in [0.15, 0.2) is 6.10 Å². The van der Waals surface area contributed by atoms with Crippen molar-refractivity contribution >= 4 is 19.8 Å². The molecule has 0 N–H and O–H groups in total. The lowest BCUT2D eigenvalue weighted by Crippen LogP contribution is -2.37. The van der Waals surface area contributed by atoms with Gasteiger partial charge in [-0.2, -0.15) is 0 Å². The molecule has 0 saturated carbocycles. The van der Waals surface area contributed by atoms with E-state index in [2.05, 4.69) is 184 Å². The molecule has 0 aromatic carbocycles. The molecule has 9 nitrogen and oxygen atoms in total. The van der Waals surface area contributed by atoms with Crippen LogP contribution in [0.3, 0.4) is 0 Å². The van der Waals surface area contributed by atoms with E-state index >= 15 is 0 Å². The van der Waals surface area contributed by atoms with Gasteiger partial charge in [-0.3, -0.25) is 14.2 Å². The Morgan fingerprint density at radius 1 is 0.372 bits per heavy atom. The van der Waals surface area contributed by atoms with Crippen LogP contribution < -0.4 is 4.89 Å². The van der Waals surface area contributed by atoms with Gasteiger partial charge in [-0.25, -0.2) is 0 Å². The van der Waals surface area contributed by atoms with Gasteiger partial charge < -0.3 is 27.9 Å². The number of phosphoric ester groups is 1. The third kappa shape index (κ3) is 68.5. The van der Waals surface area contributed by atoms with Crippen LogP contribution in [0.15, 0.2) is 170 Å². The maximum atomic E-state index is 12.8. The fourth-order valence-electron chi connectivity index (χ4n) is 8.55. The zero-order valence-corrected chi connectivity index (χ0v) is 56.1. The van der Waals surface area contributed by atoms with E-state index in [1.54, 1.807) is 0 Å². The van der Waals surface area contributed by atoms with E-state index in [0.29, 0.717) is 23.9 Å². The van der Waals surface area contributed by atoms with Crippen LogP contribution in [-0.2, 0) is 32.7 Å². The average molecular weight is 1210 g/mol. The molecule has 0 amide bonds. The number of phosphoric acid groups is 1. The first kappa shape index (κ1) is 81.4. The third-order valence-corrected chi connectivity index (χ3v) is 14.7. The highest BCUT2D eigenvalue weighted by Crippen LogP contribution is 2.38. The van der Waals surface area contributed by atoms with Gasteiger partial charge in [0, 0.05) is 12.8 Å². The fraction of sp³-hybridized carbons (Fsp3) is 0.605. The molecule has 2 atom stereocenters. The molecule has 0 aliphatic heterocycles. The molecule has 0 bridgehead atoms. The van der Waals surface area contributed by atoms with Crippen molar-refractivity contribution in [3.8, 4) is 0 Å². The SMILES string of the molecule is CC/C=C\C/C=C\C/C=C\C/C=C\C/C=C\C/C=C\C/C=C\C/C=C\C/C=C\C/C=C\C/C=C\C/C=C\CCCCCCC(=O)OC(COC(=O)CCCCCCCCCCC/C=C\C/C=C\CCCCCCC)COP(=O)([O-])OCC[N+](C)(C)C. The quantitative estimate of drug-likeness (QED) is 0.0195. The van der Waals surface area contributed by atoms with Crippen molar-refractivity contribution < 1.29 is 42.1 Å². The van der Waals surface area contributed by atoms with Crippen molar-refractivity contribution in [2.24, 2.45) is 0 Å². The maximum Gasteiger partial charge on any atom is 0.306 e. The van der Waals surface area contributed by atoms with Gasteiger partial charge in [-0.1, -0.05) is 267 Å². The summed E-state index contributed by atoms with van der Waals surface area (Å²) in [7, 11) is 1.12. The average Bonchev–Trinajstić information content (AvgIpc) is 3.70. The summed E-state index contributed by atoms with van der Waals surface area (Å²) in [6.45, 7) is 4.07. The van der Waals surface area contributed by atoms with Crippen LogP contribution in [-0.4, -0.2) is 70.0 Å². The number of quaternary nitrogens is 1. The highest BCUT2D eigenvalue weighted by molar-refractivity contribution is 7.45. The second kappa shape index (κ2) is 64.8. The van der Waals surface area contributed by atoms with Crippen molar-refractivity contribution in [3.63, 3.8) is 0 Å². The Hall–Kier alpha value is -4.63. The number of unbranched alkanes of at least 4 members (excludes halogenated alkanes) is 18. The van der Waals surface area contributed by atoms with E-state index in [4.69, 9.17) is 18.5 Å². The number of hydrogen-bond donors (Lipinski definition) is 0. The Labute approximate surface area is 528 Å². The molecule has 486 valence electrons. The maximum absolute atomic E-state index is 12.8. The lowest BCUT2D eigenvalue weighted by Gasteiger charge is -2.28. The fourth-order valence-corrected chi connectivity index (χ4v) is 9.28. The standard InChI is InChI=1S/C76H124NO8P/c1-6-8-10-12-14-16-18-20-22-24-26-28-29-30-31-32-33-34-35-36-37-38-39-40-41-42-43-44-45-46-47-49-51-53-55-57-59-61-63-65-67-69-76(79)85-74(73-84-86(80,81)83-71-70-77(3,4)5)72-82-75(78)68-66-64-62-60-58-56-54-52-50-48-27-25-23-21-19-17-15-13-11-9-7-2/h8,10,14,16,19-22,25-28,30-31,33-34,36-37,39-40,42-43,45-46,49,51,55,57,74H,6-7,9,11-13,15,17-18,23-24,29,32,35,38,41,44,47-48,50,52-54,56,58-73H2,1-5H3/b10-8-,16-14-,21-19-,22-20-,27-25-,28-26-,31-30-,34-33-,37-36-,40-39-,43-42-,46-45-,51-49-,57-55-. The number of carbonyl (C=O) groups is 2. The first-order chi connectivity index (χ1) is 42.0. The predicted octanol–water partition coefficient (Wildman–Crippen LogP) is 21.5. The minimum Gasteiger partial charge on any atom is -0.756 e. The molecule has 0 aromatic rings. The molecule has 0 aromatic heterocycles. The van der Waals surface area contributed by atoms with Gasteiger partial charge in [0.05, 0.1) is 27.7 Å². The Kier molecular flexibility index (Phi) is 61.3. The van der Waals surface area contributed by atoms with Crippen molar-refractivity contribution in [2.45, 2.75) is 251 Å². The summed E-state index contributed by atoms with van der Waals surface area (Å²) in [5, 5.41) is 0. The first-order valence-corrected chi connectivity index (χ1v) is 35.3. The minimum absolute atomic E-state index is 0.0457. The molecule has 0 radical (unpaired) electrons. The van der Waals surface area contributed by atoms with Gasteiger partial charge in [-0.15, -0.1) is 0 Å². The molecular weight excluding hydrogens is 1090 g/mol. The van der Waals surface area contributed by atoms with Crippen molar-refractivity contribution in [1.82, 2.24) is 0 Å². The summed E-state index contributed by atoms with van der Waals surface area (Å²) < 4.78 is 34.2. The molecule has 0 spiro atoms. The molecule has 2 unspecified atom stereocenters. The molecule has 0 fully saturated rings. The van der Waals surface area contributed by atoms with E-state index in [-0.39, 0.29) is 26.1 Å². The van der Waals surface area contributed by atoms with Crippen LogP contribution >= 0.6 is 7.82 Å². The third-order valence-electron chi connectivity index (χ3n) is 13.7. The van der Waals surface area contributed by atoms with E-state index in [9.17, 15) is 19.0 Å². The van der Waals surface area contributed by atoms with Crippen LogP contribution in [0, 0.1) is 0 Å². The normalized spacial score (nSPS) is 14.3. The van der Waals surface area contributed by atoms with Crippen LogP contribution in [0.25, 0.3) is 0 Å². The van der Waals surface area contributed by atoms with E-state index < -0.39 is 32.5 Å². The number of carbonyl (C=O) groups excluding carboxylic acids is 2. The smallest absolute Gasteiger partial charge is 0.306 e. The summed E-state index contributed by atoms with van der Waals surface area (Å²) in [5.74, 6) is -0.877. The molecular formula is C76H124NO8P. The van der Waals surface area contributed by atoms with E-state index in [0.717, 1.165) is 135 Å². The number of esters is 2. The second-order valence-corrected chi connectivity index (χ2v) is 24.5. The van der Waals surface area contributed by atoms with Gasteiger partial charge >= 0.3 is 11.9 Å². The van der Waals surface area contributed by atoms with Gasteiger partial charge in [0.1, 0.15) is 19.8 Å². The first-order valence-electron chi connectivity index (χ1n) is 33.8. The summed E-state index contributed by atoms with van der Waals surface area (Å²) in [4.78, 5) is 38.0. The predicted molar refractivity (Wildman–Crippen MR) is 369 cm³/mol. The molecule has 0 aliphatic carbocycles. The van der Waals surface area contributed by atoms with Gasteiger partial charge in [0.2, 0.25) is 0 Å². The summed E-state index contributed by atoms with van der Waals surface area (Å²) >= 11 is 0. The molecule has 0 heterocycles. The van der Waals surface area contributed by atoms with E-state index in [1.165, 1.54) is 70.6 Å². The molecule has 0 aliphatic rings. The lowest BCUT2D eigenvalue weighted by molar-refractivity contribution is -0.870. The monoisotopic (exact) mass is 1210 g/mol. The van der Waals surface area contributed by atoms with Crippen LogP contribution in [0.5, 0.6) is 0 Å². The van der Waals surface area contributed by atoms with E-state index in [1.807, 2.05) is 21.1 Å². The molecule has 10 heteroatoms. The summed E-state index contributed by atoms with van der Waals surface area (Å²) in [6.07, 6.45) is 98.5. The molecule has 86 heavy (non-hydrogen) atoms. The Bertz CT molecular complexity index is 2060. The summed E-state index contributed by atoms with van der Waals surface area (Å²) in [5.41, 5.74) is 0. The lowest BCUT2D eigenvalue weighted by atomic mass is 10.1. The van der Waals surface area contributed by atoms with Crippen LogP contribution in [0.2, 0.25) is 0 Å². The highest BCUT2D eigenvalue weighted by atomic mass is 31.2. The van der Waals surface area contributed by atoms with Gasteiger partial charge in [0.25, 0.3) is 7.82 Å². The van der Waals surface area contributed by atoms with Crippen molar-refractivity contribution in [1.29, 1.82) is 0 Å². The van der Waals surface area contributed by atoms with Crippen LogP contribution in [0.4, 0.5) is 0 Å². The van der Waals surface area contributed by atoms with Gasteiger partial charge in [-0.05, 0) is 135 Å². The molecule has 0 saturated heterocycles. The van der Waals surface area contributed by atoms with Crippen molar-refractivity contribution in [2.75, 3.05) is 47.5 Å². The minimum atomic E-state index is -4.66. The molecule has 0 rings (SSSR count). The second-order valence-electron chi connectivity index (χ2n) is 23.1. The largest absolute Gasteiger partial charge is 0.756 e. The highest BCUT2D eigenvalue weighted by Gasteiger charge is 2.22. The van der Waals surface area contributed by atoms with Crippen LogP contribution in [0.1, 0.15) is 245 Å². The number of allylic oxidation sites excluding steroid dienone is 28. The Morgan fingerprint density at radius 3 is 0.988 bits per heavy atom. The Balaban J connectivity index is 4.20. The Morgan fingerprint density at radius 2 is 0.663 bits per heavy atom. The number of rotatable bonds is 60. The summed E-state index contributed by atoms with van der Waals surface area (Å²) in [6, 6.07) is 0. The van der Waals surface area contributed by atoms with Crippen molar-refractivity contribution in [3.05, 3.63) is 170 Å². The number of ether oxygens (including phenoxy) is 2.